The Hall–Kier alpha value is -2.35. The number of likely N-dealkylation sites (N-methyl/N-ethyl adjacent to an activating group) is 1. The van der Waals surface area contributed by atoms with Gasteiger partial charge in [0.05, 0.1) is 31.9 Å². The van der Waals surface area contributed by atoms with Crippen molar-refractivity contribution in [1.29, 1.82) is 0 Å². The second kappa shape index (κ2) is 11.2. The Morgan fingerprint density at radius 2 is 1.77 bits per heavy atom. The van der Waals surface area contributed by atoms with Crippen LogP contribution in [0.25, 0.3) is 0 Å². The van der Waals surface area contributed by atoms with E-state index >= 15 is 0 Å². The number of para-hydroxylation sites is 1. The van der Waals surface area contributed by atoms with Crippen LogP contribution in [0.2, 0.25) is 0 Å². The lowest BCUT2D eigenvalue weighted by Crippen LogP contribution is -3.11. The van der Waals surface area contributed by atoms with Crippen LogP contribution in [0.15, 0.2) is 59.5 Å². The summed E-state index contributed by atoms with van der Waals surface area (Å²) >= 11 is 1.60. The molecule has 0 aliphatic carbocycles. The summed E-state index contributed by atoms with van der Waals surface area (Å²) in [6.07, 6.45) is 2.98. The van der Waals surface area contributed by atoms with Crippen molar-refractivity contribution in [1.82, 2.24) is 5.32 Å². The van der Waals surface area contributed by atoms with Crippen LogP contribution in [0.5, 0.6) is 0 Å². The van der Waals surface area contributed by atoms with Gasteiger partial charge < -0.3 is 20.4 Å². The van der Waals surface area contributed by atoms with E-state index in [1.54, 1.807) is 11.8 Å². The minimum atomic E-state index is -0.0823. The van der Waals surface area contributed by atoms with Gasteiger partial charge in [-0.15, -0.1) is 11.8 Å². The number of carbonyl (C=O) groups excluding carboxylic acids is 2. The second-order valence-corrected chi connectivity index (χ2v) is 8.83. The lowest BCUT2D eigenvalue weighted by molar-refractivity contribution is -0.901. The van der Waals surface area contributed by atoms with Gasteiger partial charge in [-0.1, -0.05) is 42.5 Å². The molecule has 30 heavy (non-hydrogen) atoms. The molecule has 1 fully saturated rings. The van der Waals surface area contributed by atoms with Crippen molar-refractivity contribution in [2.75, 3.05) is 44.8 Å². The van der Waals surface area contributed by atoms with E-state index in [4.69, 9.17) is 0 Å². The van der Waals surface area contributed by atoms with Gasteiger partial charge in [-0.05, 0) is 18.4 Å². The maximum absolute atomic E-state index is 12.4. The summed E-state index contributed by atoms with van der Waals surface area (Å²) in [5, 5.41) is 6.10. The van der Waals surface area contributed by atoms with Crippen molar-refractivity contribution in [3.8, 4) is 0 Å². The van der Waals surface area contributed by atoms with Crippen LogP contribution >= 0.6 is 11.8 Å². The van der Waals surface area contributed by atoms with Gasteiger partial charge in [0.15, 0.2) is 13.1 Å². The number of quaternary nitrogens is 2. The van der Waals surface area contributed by atoms with Gasteiger partial charge >= 0.3 is 0 Å². The van der Waals surface area contributed by atoms with Gasteiger partial charge in [-0.3, -0.25) is 9.59 Å². The summed E-state index contributed by atoms with van der Waals surface area (Å²) in [5.41, 5.74) is 2.15. The first-order valence-corrected chi connectivity index (χ1v) is 11.7. The number of carbonyl (C=O) groups is 2. The Morgan fingerprint density at radius 1 is 1.07 bits per heavy atom. The molecule has 0 saturated carbocycles. The van der Waals surface area contributed by atoms with Gasteiger partial charge in [0, 0.05) is 16.9 Å². The van der Waals surface area contributed by atoms with Crippen LogP contribution in [0, 0.1) is 0 Å². The Bertz CT molecular complexity index is 846. The van der Waals surface area contributed by atoms with Gasteiger partial charge in [-0.25, -0.2) is 0 Å². The fourth-order valence-electron chi connectivity index (χ4n) is 3.93. The Labute approximate surface area is 183 Å². The molecule has 160 valence electrons. The average molecular weight is 429 g/mol. The summed E-state index contributed by atoms with van der Waals surface area (Å²) in [6.45, 7) is 3.57. The summed E-state index contributed by atoms with van der Waals surface area (Å²) < 4.78 is 0. The maximum Gasteiger partial charge on any atom is 0.279 e. The number of amides is 2. The third-order valence-corrected chi connectivity index (χ3v) is 6.15. The number of likely N-dealkylation sites (tertiary alicyclic amines) is 1. The van der Waals surface area contributed by atoms with Crippen molar-refractivity contribution in [3.63, 3.8) is 0 Å². The van der Waals surface area contributed by atoms with E-state index in [-0.39, 0.29) is 24.4 Å². The molecular formula is C23H32N4O2S+2. The number of thioether (sulfide) groups is 1. The number of rotatable bonds is 9. The molecule has 2 amide bonds. The van der Waals surface area contributed by atoms with Crippen molar-refractivity contribution in [3.05, 3.63) is 60.2 Å². The first-order chi connectivity index (χ1) is 14.5. The summed E-state index contributed by atoms with van der Waals surface area (Å²) in [7, 11) is 1.88. The molecule has 6 nitrogen and oxygen atoms in total. The molecule has 0 radical (unpaired) electrons. The first-order valence-electron chi connectivity index (χ1n) is 10.4. The van der Waals surface area contributed by atoms with Crippen LogP contribution in [0.4, 0.5) is 5.69 Å². The molecule has 2 aromatic carbocycles. The predicted octanol–water partition coefficient (Wildman–Crippen LogP) is -0.165. The molecule has 0 aromatic heterocycles. The van der Waals surface area contributed by atoms with E-state index in [2.05, 4.69) is 34.9 Å². The topological polar surface area (TPSA) is 67.1 Å². The molecule has 3 atom stereocenters. The number of anilines is 1. The van der Waals surface area contributed by atoms with E-state index in [0.29, 0.717) is 6.54 Å². The summed E-state index contributed by atoms with van der Waals surface area (Å²) in [6, 6.07) is 18.4. The molecule has 0 bridgehead atoms. The molecule has 1 saturated heterocycles. The highest BCUT2D eigenvalue weighted by Crippen LogP contribution is 2.24. The van der Waals surface area contributed by atoms with E-state index in [1.165, 1.54) is 10.5 Å². The molecule has 4 N–H and O–H groups in total. The highest BCUT2D eigenvalue weighted by atomic mass is 32.2. The smallest absolute Gasteiger partial charge is 0.279 e. The lowest BCUT2D eigenvalue weighted by atomic mass is 10.2. The highest BCUT2D eigenvalue weighted by Gasteiger charge is 2.28. The number of hydrogen-bond donors (Lipinski definition) is 4. The third kappa shape index (κ3) is 6.86. The van der Waals surface area contributed by atoms with Crippen molar-refractivity contribution in [2.45, 2.75) is 23.9 Å². The third-order valence-electron chi connectivity index (χ3n) is 5.35. The van der Waals surface area contributed by atoms with Crippen LogP contribution in [0.3, 0.4) is 0 Å². The van der Waals surface area contributed by atoms with Crippen LogP contribution in [-0.2, 0) is 16.1 Å². The second-order valence-electron chi connectivity index (χ2n) is 7.98. The molecule has 0 spiro atoms. The largest absolute Gasteiger partial charge is 0.343 e. The zero-order chi connectivity index (χ0) is 21.3. The molecule has 2 unspecified atom stereocenters. The predicted molar refractivity (Wildman–Crippen MR) is 121 cm³/mol. The van der Waals surface area contributed by atoms with Gasteiger partial charge in [0.2, 0.25) is 0 Å². The van der Waals surface area contributed by atoms with Crippen molar-refractivity contribution in [2.24, 2.45) is 0 Å². The maximum atomic E-state index is 12.4. The fraction of sp³-hybridized carbons (Fsp3) is 0.391. The molecule has 7 heteroatoms. The van der Waals surface area contributed by atoms with Gasteiger partial charge in [0.25, 0.3) is 11.8 Å². The Balaban J connectivity index is 1.38. The molecule has 1 aliphatic rings. The fourth-order valence-corrected chi connectivity index (χ4v) is 4.48. The molecule has 2 aromatic rings. The zero-order valence-corrected chi connectivity index (χ0v) is 18.6. The van der Waals surface area contributed by atoms with Crippen molar-refractivity contribution >= 4 is 29.3 Å². The van der Waals surface area contributed by atoms with E-state index in [9.17, 15) is 9.59 Å². The molecular weight excluding hydrogens is 396 g/mol. The number of nitrogens with one attached hydrogen (secondary N) is 4. The number of benzene rings is 2. The zero-order valence-electron chi connectivity index (χ0n) is 17.7. The standard InChI is InChI=1S/C23H30N4O2S/c1-26(17-23(29)25-20-10-6-7-11-21(20)30-2)16-22(28)24-19-12-13-27(15-19)14-18-8-4-3-5-9-18/h3-11,19H,12-17H2,1-2H3,(H,24,28)(H,25,29)/p+2/t19-/m1/s1. The monoisotopic (exact) mass is 428 g/mol. The highest BCUT2D eigenvalue weighted by molar-refractivity contribution is 7.98. The quantitative estimate of drug-likeness (QED) is 0.420. The summed E-state index contributed by atoms with van der Waals surface area (Å²) in [5.74, 6) is -0.0723. The Kier molecular flexibility index (Phi) is 8.30. The summed E-state index contributed by atoms with van der Waals surface area (Å²) in [4.78, 5) is 28.2. The number of hydrogen-bond acceptors (Lipinski definition) is 3. The van der Waals surface area contributed by atoms with E-state index < -0.39 is 0 Å². The minimum Gasteiger partial charge on any atom is -0.343 e. The van der Waals surface area contributed by atoms with E-state index in [1.807, 2.05) is 43.6 Å². The van der Waals surface area contributed by atoms with E-state index in [0.717, 1.165) is 41.5 Å². The normalized spacial score (nSPS) is 19.3. The molecule has 1 aliphatic heterocycles. The SMILES string of the molecule is CSc1ccccc1NC(=O)C[NH+](C)CC(=O)N[C@@H]1CC[NH+](Cc2ccccc2)C1. The van der Waals surface area contributed by atoms with Gasteiger partial charge in [-0.2, -0.15) is 0 Å². The van der Waals surface area contributed by atoms with Crippen molar-refractivity contribution < 1.29 is 19.4 Å². The first kappa shape index (κ1) is 22.3. The van der Waals surface area contributed by atoms with Gasteiger partial charge in [0.1, 0.15) is 6.54 Å². The van der Waals surface area contributed by atoms with Crippen LogP contribution in [-0.4, -0.2) is 57.3 Å². The van der Waals surface area contributed by atoms with Crippen LogP contribution < -0.4 is 20.4 Å². The lowest BCUT2D eigenvalue weighted by Gasteiger charge is -2.17. The molecule has 1 heterocycles. The van der Waals surface area contributed by atoms with Crippen LogP contribution in [0.1, 0.15) is 12.0 Å². The average Bonchev–Trinajstić information content (AvgIpc) is 3.15. The minimum absolute atomic E-state index is 0.00998. The Morgan fingerprint density at radius 3 is 2.53 bits per heavy atom. The molecule has 3 rings (SSSR count).